The number of hydrogen-bond acceptors (Lipinski definition) is 10. The highest BCUT2D eigenvalue weighted by Crippen LogP contribution is 2.41. The average molecular weight is 882 g/mol. The topological polar surface area (TPSA) is 218 Å². The van der Waals surface area contributed by atoms with Gasteiger partial charge in [-0.15, -0.1) is 7.42 Å². The van der Waals surface area contributed by atoms with Crippen molar-refractivity contribution in [1.29, 1.82) is 5.41 Å². The molecule has 4 unspecified atom stereocenters. The number of aryl methyl sites for hydroxylation is 1. The van der Waals surface area contributed by atoms with Gasteiger partial charge in [-0.25, -0.2) is 16.8 Å². The zero-order valence-corrected chi connectivity index (χ0v) is 36.4. The number of sulfonamides is 2. The van der Waals surface area contributed by atoms with E-state index in [1.54, 1.807) is 66.7 Å². The van der Waals surface area contributed by atoms with E-state index in [1.165, 1.54) is 21.9 Å². The van der Waals surface area contributed by atoms with E-state index in [9.17, 15) is 19.8 Å². The van der Waals surface area contributed by atoms with Crippen molar-refractivity contribution in [2.45, 2.75) is 99.2 Å². The molecule has 2 heterocycles. The number of likely N-dealkylation sites (tertiary alicyclic amines) is 2. The summed E-state index contributed by atoms with van der Waals surface area (Å²) in [6, 6.07) is 17.5. The van der Waals surface area contributed by atoms with Crippen LogP contribution in [0.15, 0.2) is 88.7 Å². The quantitative estimate of drug-likeness (QED) is 0.0414. The summed E-state index contributed by atoms with van der Waals surface area (Å²) in [5.41, 5.74) is 5.83. The van der Waals surface area contributed by atoms with Gasteiger partial charge in [0, 0.05) is 54.6 Å². The molecule has 60 heavy (non-hydrogen) atoms. The lowest BCUT2D eigenvalue weighted by Gasteiger charge is -2.38. The number of nitrogens with one attached hydrogen (secondary N) is 2. The van der Waals surface area contributed by atoms with E-state index < -0.39 is 57.2 Å². The summed E-state index contributed by atoms with van der Waals surface area (Å²) >= 11 is 0.134. The van der Waals surface area contributed by atoms with E-state index in [0.29, 0.717) is 99.1 Å². The van der Waals surface area contributed by atoms with E-state index in [-0.39, 0.29) is 46.4 Å². The van der Waals surface area contributed by atoms with Crippen LogP contribution in [0.5, 0.6) is 0 Å². The number of fused-ring (bicyclic) bond motifs is 2. The summed E-state index contributed by atoms with van der Waals surface area (Å²) in [5, 5.41) is 34.2. The van der Waals surface area contributed by atoms with Gasteiger partial charge in [-0.1, -0.05) is 79.2 Å². The Labute approximate surface area is 356 Å². The summed E-state index contributed by atoms with van der Waals surface area (Å²) in [7, 11) is -9.88. The van der Waals surface area contributed by atoms with Crippen LogP contribution < -0.4 is 11.1 Å². The maximum Gasteiger partial charge on any atom is 0.255 e. The summed E-state index contributed by atoms with van der Waals surface area (Å²) in [4.78, 5) is 31.7. The zero-order chi connectivity index (χ0) is 43.2. The molecule has 0 aromatic heterocycles. The Kier molecular flexibility index (Phi) is 14.8. The van der Waals surface area contributed by atoms with Crippen molar-refractivity contribution in [3.63, 3.8) is 0 Å². The lowest BCUT2D eigenvalue weighted by Crippen LogP contribution is -2.55. The van der Waals surface area contributed by atoms with Gasteiger partial charge in [0.2, 0.25) is 11.8 Å². The van der Waals surface area contributed by atoms with Crippen LogP contribution in [0.3, 0.4) is 0 Å². The number of amides is 2. The van der Waals surface area contributed by atoms with E-state index in [1.807, 2.05) is 13.8 Å². The van der Waals surface area contributed by atoms with Crippen LogP contribution >= 0.6 is 12.1 Å². The van der Waals surface area contributed by atoms with Crippen molar-refractivity contribution in [1.82, 2.24) is 22.5 Å². The second kappa shape index (κ2) is 19.6. The van der Waals surface area contributed by atoms with E-state index >= 15 is 16.8 Å². The summed E-state index contributed by atoms with van der Waals surface area (Å²) in [6.07, 6.45) is 4.73. The largest absolute Gasteiger partial charge is 0.394 e. The molecule has 6 rings (SSSR count). The molecule has 2 saturated heterocycles. The number of rotatable bonds is 18. The molecule has 324 valence electrons. The van der Waals surface area contributed by atoms with Crippen LogP contribution in [0.2, 0.25) is 0 Å². The van der Waals surface area contributed by atoms with Crippen molar-refractivity contribution in [3.05, 3.63) is 84.4 Å². The molecule has 0 saturated carbocycles. The SMILES string of the molecule is CC1CCCN1C(=O)C(CO)N(SN(C(CO)C(=O)N1CCCC1C)S(=O)(=O)c1c(CCCCCNC(=N)N)ccc2ccccc12)S(=O)(=O)c1cccc2ccccc12. The van der Waals surface area contributed by atoms with Gasteiger partial charge in [0.15, 0.2) is 5.96 Å². The number of hydrogen-bond donors (Lipinski definition) is 5. The first kappa shape index (κ1) is 45.2. The van der Waals surface area contributed by atoms with Gasteiger partial charge in [-0.3, -0.25) is 15.0 Å². The third-order valence-corrected chi connectivity index (χ3v) is 17.2. The fourth-order valence-electron chi connectivity index (χ4n) is 8.23. The monoisotopic (exact) mass is 881 g/mol. The number of unbranched alkanes of at least 4 members (excludes halogenated alkanes) is 2. The number of aliphatic hydroxyl groups is 2. The summed E-state index contributed by atoms with van der Waals surface area (Å²) in [5.74, 6) is -1.59. The van der Waals surface area contributed by atoms with E-state index in [0.717, 1.165) is 0 Å². The molecule has 2 amide bonds. The highest BCUT2D eigenvalue weighted by molar-refractivity contribution is 8.13. The fourth-order valence-corrected chi connectivity index (χ4v) is 13.7. The molecule has 2 aliphatic rings. The highest BCUT2D eigenvalue weighted by Gasteiger charge is 2.48. The molecule has 0 aliphatic carbocycles. The van der Waals surface area contributed by atoms with Crippen LogP contribution in [0, 0.1) is 5.41 Å². The third kappa shape index (κ3) is 9.44. The number of aliphatic hydroxyl groups excluding tert-OH is 2. The molecule has 18 heteroatoms. The molecular formula is C42H55N7O8S3. The maximum absolute atomic E-state index is 15.8. The van der Waals surface area contributed by atoms with Crippen LogP contribution in [-0.2, 0) is 36.1 Å². The Morgan fingerprint density at radius 1 is 0.767 bits per heavy atom. The number of nitrogens with two attached hydrogens (primary N) is 1. The molecule has 6 N–H and O–H groups in total. The Hall–Kier alpha value is -4.30. The smallest absolute Gasteiger partial charge is 0.255 e. The van der Waals surface area contributed by atoms with Crippen molar-refractivity contribution in [2.24, 2.45) is 5.73 Å². The lowest BCUT2D eigenvalue weighted by atomic mass is 10.0. The number of guanidine groups is 1. The number of benzene rings is 4. The molecule has 2 fully saturated rings. The van der Waals surface area contributed by atoms with Gasteiger partial charge in [0.05, 0.1) is 23.0 Å². The first-order valence-electron chi connectivity index (χ1n) is 20.4. The molecule has 0 radical (unpaired) electrons. The van der Waals surface area contributed by atoms with Gasteiger partial charge in [0.25, 0.3) is 20.0 Å². The Balaban J connectivity index is 1.55. The molecule has 0 bridgehead atoms. The molecule has 4 aromatic rings. The second-order valence-corrected chi connectivity index (χ2v) is 20.4. The number of carbonyl (C=O) groups excluding carboxylic acids is 2. The van der Waals surface area contributed by atoms with E-state index in [4.69, 9.17) is 11.1 Å². The fraction of sp³-hybridized carbons (Fsp3) is 0.452. The number of nitrogens with zero attached hydrogens (tertiary/aromatic N) is 4. The molecule has 0 spiro atoms. The third-order valence-electron chi connectivity index (χ3n) is 11.4. The van der Waals surface area contributed by atoms with Crippen molar-refractivity contribution in [2.75, 3.05) is 32.8 Å². The molecule has 15 nitrogen and oxygen atoms in total. The summed E-state index contributed by atoms with van der Waals surface area (Å²) in [6.45, 7) is 2.70. The van der Waals surface area contributed by atoms with Crippen LogP contribution in [0.4, 0.5) is 0 Å². The van der Waals surface area contributed by atoms with Gasteiger partial charge in [-0.2, -0.15) is 0 Å². The minimum atomic E-state index is -4.98. The molecule has 4 atom stereocenters. The Morgan fingerprint density at radius 2 is 1.30 bits per heavy atom. The number of carbonyl (C=O) groups is 2. The Bertz CT molecular complexity index is 2410. The predicted octanol–water partition coefficient (Wildman–Crippen LogP) is 4.18. The standard InChI is InChI=1S/C42H55N7O8S3/c1-29-13-11-25-46(29)40(52)36(27-50)48(59(54,55)38-21-10-18-31-15-5-7-19-34(31)38)58-49(37(28-51)41(53)47-26-12-14-30(47)2)60(56,57)39-33(17-4-3-9-24-45-42(43)44)23-22-32-16-6-8-20-35(32)39/h5-8,10,15-16,18-23,29-30,36-37,50-51H,3-4,9,11-14,17,24-28H2,1-2H3,(H4,43,44,45). The second-order valence-electron chi connectivity index (χ2n) is 15.4. The van der Waals surface area contributed by atoms with Gasteiger partial charge in [-0.05, 0) is 81.2 Å². The predicted molar refractivity (Wildman–Crippen MR) is 234 cm³/mol. The zero-order valence-electron chi connectivity index (χ0n) is 33.9. The van der Waals surface area contributed by atoms with Crippen LogP contribution in [0.25, 0.3) is 21.5 Å². The first-order chi connectivity index (χ1) is 28.7. The van der Waals surface area contributed by atoms with Crippen molar-refractivity contribution in [3.8, 4) is 0 Å². The molecule has 4 aromatic carbocycles. The Morgan fingerprint density at radius 3 is 1.85 bits per heavy atom. The van der Waals surface area contributed by atoms with Crippen molar-refractivity contribution >= 4 is 71.5 Å². The van der Waals surface area contributed by atoms with Crippen molar-refractivity contribution < 1.29 is 36.6 Å². The highest BCUT2D eigenvalue weighted by atomic mass is 32.3. The van der Waals surface area contributed by atoms with Gasteiger partial charge in [0.1, 0.15) is 12.1 Å². The minimum Gasteiger partial charge on any atom is -0.394 e. The van der Waals surface area contributed by atoms with Gasteiger partial charge < -0.3 is 31.1 Å². The average Bonchev–Trinajstić information content (AvgIpc) is 3.88. The van der Waals surface area contributed by atoms with Crippen LogP contribution in [0.1, 0.15) is 64.4 Å². The minimum absolute atomic E-state index is 0.134. The van der Waals surface area contributed by atoms with Gasteiger partial charge >= 0.3 is 0 Å². The maximum atomic E-state index is 15.8. The van der Waals surface area contributed by atoms with Crippen LogP contribution in [-0.4, -0.2) is 119 Å². The molecular weight excluding hydrogens is 827 g/mol. The summed E-state index contributed by atoms with van der Waals surface area (Å²) < 4.78 is 63.4. The normalized spacial score (nSPS) is 18.4. The van der Waals surface area contributed by atoms with E-state index in [2.05, 4.69) is 5.32 Å². The lowest BCUT2D eigenvalue weighted by molar-refractivity contribution is -0.136. The molecule has 2 aliphatic heterocycles. The first-order valence-corrected chi connectivity index (χ1v) is 24.0.